The Balaban J connectivity index is 2.42. The van der Waals surface area contributed by atoms with E-state index in [0.29, 0.717) is 17.7 Å². The zero-order valence-corrected chi connectivity index (χ0v) is 11.7. The SMILES string of the molecule is Cc1ccc(/C(N)=N/O)c(Oc2ccccc2CCO)n1. The largest absolute Gasteiger partial charge is 0.438 e. The van der Waals surface area contributed by atoms with Crippen molar-refractivity contribution in [2.75, 3.05) is 6.61 Å². The summed E-state index contributed by atoms with van der Waals surface area (Å²) >= 11 is 0. The quantitative estimate of drug-likeness (QED) is 0.337. The molecule has 4 N–H and O–H groups in total. The maximum Gasteiger partial charge on any atom is 0.230 e. The monoisotopic (exact) mass is 287 g/mol. The van der Waals surface area contributed by atoms with Gasteiger partial charge in [-0.05, 0) is 37.1 Å². The number of para-hydroxylation sites is 1. The normalized spacial score (nSPS) is 11.4. The van der Waals surface area contributed by atoms with E-state index in [1.807, 2.05) is 25.1 Å². The van der Waals surface area contributed by atoms with Gasteiger partial charge in [0.15, 0.2) is 5.84 Å². The van der Waals surface area contributed by atoms with Gasteiger partial charge in [0.05, 0.1) is 5.56 Å². The van der Waals surface area contributed by atoms with Crippen LogP contribution in [0.4, 0.5) is 0 Å². The highest BCUT2D eigenvalue weighted by atomic mass is 16.5. The molecule has 0 atom stereocenters. The van der Waals surface area contributed by atoms with E-state index < -0.39 is 0 Å². The number of ether oxygens (including phenoxy) is 1. The number of oxime groups is 1. The minimum Gasteiger partial charge on any atom is -0.438 e. The third kappa shape index (κ3) is 3.49. The van der Waals surface area contributed by atoms with E-state index in [1.165, 1.54) is 0 Å². The summed E-state index contributed by atoms with van der Waals surface area (Å²) in [7, 11) is 0. The van der Waals surface area contributed by atoms with Gasteiger partial charge in [-0.15, -0.1) is 0 Å². The van der Waals surface area contributed by atoms with Crippen LogP contribution in [-0.4, -0.2) is 27.7 Å². The second-order valence-corrected chi connectivity index (χ2v) is 4.47. The Morgan fingerprint density at radius 1 is 1.29 bits per heavy atom. The zero-order valence-electron chi connectivity index (χ0n) is 11.7. The topological polar surface area (TPSA) is 101 Å². The van der Waals surface area contributed by atoms with Crippen LogP contribution in [-0.2, 0) is 6.42 Å². The molecule has 0 radical (unpaired) electrons. The molecular weight excluding hydrogens is 270 g/mol. The standard InChI is InChI=1S/C15H17N3O3/c1-10-6-7-12(14(16)18-20)15(17-10)21-13-5-3-2-4-11(13)8-9-19/h2-7,19-20H,8-9H2,1H3,(H2,16,18). The average Bonchev–Trinajstić information content (AvgIpc) is 2.49. The molecule has 1 aromatic carbocycles. The highest BCUT2D eigenvalue weighted by Gasteiger charge is 2.13. The van der Waals surface area contributed by atoms with Crippen molar-refractivity contribution in [3.05, 3.63) is 53.2 Å². The Morgan fingerprint density at radius 3 is 2.76 bits per heavy atom. The summed E-state index contributed by atoms with van der Waals surface area (Å²) < 4.78 is 5.80. The summed E-state index contributed by atoms with van der Waals surface area (Å²) in [5.41, 5.74) is 7.64. The van der Waals surface area contributed by atoms with Crippen molar-refractivity contribution in [3.63, 3.8) is 0 Å². The van der Waals surface area contributed by atoms with Crippen LogP contribution in [0.15, 0.2) is 41.6 Å². The van der Waals surface area contributed by atoms with E-state index in [-0.39, 0.29) is 18.3 Å². The molecule has 6 heteroatoms. The van der Waals surface area contributed by atoms with Crippen molar-refractivity contribution < 1.29 is 15.1 Å². The van der Waals surface area contributed by atoms with Gasteiger partial charge in [0.2, 0.25) is 5.88 Å². The molecule has 0 unspecified atom stereocenters. The summed E-state index contributed by atoms with van der Waals surface area (Å²) in [6.45, 7) is 1.84. The van der Waals surface area contributed by atoms with E-state index in [9.17, 15) is 0 Å². The molecule has 110 valence electrons. The van der Waals surface area contributed by atoms with Gasteiger partial charge >= 0.3 is 0 Å². The van der Waals surface area contributed by atoms with Crippen molar-refractivity contribution in [3.8, 4) is 11.6 Å². The second kappa shape index (κ2) is 6.71. The summed E-state index contributed by atoms with van der Waals surface area (Å²) in [4.78, 5) is 4.28. The lowest BCUT2D eigenvalue weighted by molar-refractivity contribution is 0.297. The number of aliphatic hydroxyl groups excluding tert-OH is 1. The number of amidine groups is 1. The minimum absolute atomic E-state index is 0.0225. The summed E-state index contributed by atoms with van der Waals surface area (Å²) in [6.07, 6.45) is 0.473. The molecule has 2 rings (SSSR count). The predicted molar refractivity (Wildman–Crippen MR) is 78.8 cm³/mol. The van der Waals surface area contributed by atoms with Gasteiger partial charge in [0.1, 0.15) is 5.75 Å². The van der Waals surface area contributed by atoms with Crippen molar-refractivity contribution in [2.24, 2.45) is 10.9 Å². The smallest absolute Gasteiger partial charge is 0.230 e. The molecule has 0 saturated heterocycles. The number of nitrogens with zero attached hydrogens (tertiary/aromatic N) is 2. The second-order valence-electron chi connectivity index (χ2n) is 4.47. The number of aryl methyl sites for hydroxylation is 1. The van der Waals surface area contributed by atoms with E-state index in [1.54, 1.807) is 18.2 Å². The Morgan fingerprint density at radius 2 is 2.05 bits per heavy atom. The van der Waals surface area contributed by atoms with Gasteiger partial charge in [-0.25, -0.2) is 4.98 Å². The zero-order chi connectivity index (χ0) is 15.2. The Kier molecular flexibility index (Phi) is 4.73. The molecule has 1 aromatic heterocycles. The highest BCUT2D eigenvalue weighted by Crippen LogP contribution is 2.27. The first-order valence-electron chi connectivity index (χ1n) is 6.48. The van der Waals surface area contributed by atoms with Crippen molar-refractivity contribution in [1.29, 1.82) is 0 Å². The molecule has 0 bridgehead atoms. The summed E-state index contributed by atoms with van der Waals surface area (Å²) in [5, 5.41) is 20.9. The lowest BCUT2D eigenvalue weighted by Gasteiger charge is -2.12. The van der Waals surface area contributed by atoms with Crippen LogP contribution < -0.4 is 10.5 Å². The number of hydrogen-bond donors (Lipinski definition) is 3. The number of aliphatic hydroxyl groups is 1. The maximum atomic E-state index is 9.09. The number of aromatic nitrogens is 1. The fraction of sp³-hybridized carbons (Fsp3) is 0.200. The molecule has 0 amide bonds. The van der Waals surface area contributed by atoms with E-state index in [0.717, 1.165) is 11.3 Å². The first kappa shape index (κ1) is 14.8. The van der Waals surface area contributed by atoms with Crippen LogP contribution in [0, 0.1) is 6.92 Å². The molecule has 0 aliphatic rings. The molecule has 0 aliphatic carbocycles. The van der Waals surface area contributed by atoms with Crippen molar-refractivity contribution in [2.45, 2.75) is 13.3 Å². The fourth-order valence-corrected chi connectivity index (χ4v) is 1.89. The van der Waals surface area contributed by atoms with Crippen LogP contribution in [0.25, 0.3) is 0 Å². The first-order chi connectivity index (χ1) is 10.2. The number of benzene rings is 1. The van der Waals surface area contributed by atoms with Gasteiger partial charge in [-0.3, -0.25) is 0 Å². The number of pyridine rings is 1. The molecule has 0 spiro atoms. The predicted octanol–water partition coefficient (Wildman–Crippen LogP) is 1.81. The van der Waals surface area contributed by atoms with Gasteiger partial charge < -0.3 is 20.8 Å². The van der Waals surface area contributed by atoms with E-state index >= 15 is 0 Å². The van der Waals surface area contributed by atoms with Crippen LogP contribution in [0.5, 0.6) is 11.6 Å². The fourth-order valence-electron chi connectivity index (χ4n) is 1.89. The molecule has 0 aliphatic heterocycles. The van der Waals surface area contributed by atoms with Gasteiger partial charge in [-0.2, -0.15) is 0 Å². The Bertz CT molecular complexity index is 656. The molecule has 1 heterocycles. The lowest BCUT2D eigenvalue weighted by atomic mass is 10.1. The molecule has 0 fully saturated rings. The van der Waals surface area contributed by atoms with E-state index in [4.69, 9.17) is 20.8 Å². The molecule has 0 saturated carbocycles. The van der Waals surface area contributed by atoms with Crippen LogP contribution in [0.2, 0.25) is 0 Å². The maximum absolute atomic E-state index is 9.09. The minimum atomic E-state index is -0.0721. The van der Waals surface area contributed by atoms with Gasteiger partial charge in [0, 0.05) is 12.3 Å². The molecule has 21 heavy (non-hydrogen) atoms. The summed E-state index contributed by atoms with van der Waals surface area (Å²) in [6, 6.07) is 10.8. The lowest BCUT2D eigenvalue weighted by Crippen LogP contribution is -2.15. The van der Waals surface area contributed by atoms with Crippen LogP contribution >= 0.6 is 0 Å². The Labute approximate surface area is 122 Å². The van der Waals surface area contributed by atoms with Crippen molar-refractivity contribution >= 4 is 5.84 Å². The van der Waals surface area contributed by atoms with Crippen LogP contribution in [0.1, 0.15) is 16.8 Å². The molecule has 2 aromatic rings. The van der Waals surface area contributed by atoms with Gasteiger partial charge in [0.25, 0.3) is 0 Å². The average molecular weight is 287 g/mol. The number of hydrogen-bond acceptors (Lipinski definition) is 5. The highest BCUT2D eigenvalue weighted by molar-refractivity contribution is 5.99. The molecule has 6 nitrogen and oxygen atoms in total. The third-order valence-electron chi connectivity index (χ3n) is 2.94. The third-order valence-corrected chi connectivity index (χ3v) is 2.94. The number of nitrogens with two attached hydrogens (primary N) is 1. The molecular formula is C15H17N3O3. The number of rotatable bonds is 5. The van der Waals surface area contributed by atoms with E-state index in [2.05, 4.69) is 10.1 Å². The van der Waals surface area contributed by atoms with Gasteiger partial charge in [-0.1, -0.05) is 23.4 Å². The Hall–Kier alpha value is -2.60. The summed E-state index contributed by atoms with van der Waals surface area (Å²) in [5.74, 6) is 0.768. The van der Waals surface area contributed by atoms with Crippen molar-refractivity contribution in [1.82, 2.24) is 4.98 Å². The first-order valence-corrected chi connectivity index (χ1v) is 6.48. The van der Waals surface area contributed by atoms with Crippen LogP contribution in [0.3, 0.4) is 0 Å².